The fourth-order valence-electron chi connectivity index (χ4n) is 0.236. The Balaban J connectivity index is 0. The van der Waals surface area contributed by atoms with E-state index in [0.29, 0.717) is 0 Å². The molecule has 0 aromatic heterocycles. The molecule has 0 spiro atoms. The summed E-state index contributed by atoms with van der Waals surface area (Å²) in [5.74, 6) is 0. The van der Waals surface area contributed by atoms with Crippen LogP contribution in [0.4, 0.5) is 0 Å². The topological polar surface area (TPSA) is 9.23 Å². The van der Waals surface area contributed by atoms with E-state index < -0.39 is 0 Å². The second-order valence-electron chi connectivity index (χ2n) is 1.15. The molecule has 0 unspecified atom stereocenters. The van der Waals surface area contributed by atoms with Crippen LogP contribution in [-0.2, 0) is 15.4 Å². The van der Waals surface area contributed by atoms with Gasteiger partial charge in [0.1, 0.15) is 30.3 Å². The van der Waals surface area contributed by atoms with Gasteiger partial charge in [0.2, 0.25) is 0 Å². The first-order valence-electron chi connectivity index (χ1n) is 1.98. The van der Waals surface area contributed by atoms with E-state index in [1.165, 1.54) is 0 Å². The minimum atomic E-state index is 0. The van der Waals surface area contributed by atoms with Gasteiger partial charge < -0.3 is 0 Å². The van der Waals surface area contributed by atoms with Crippen molar-refractivity contribution in [1.29, 1.82) is 0 Å². The largest absolute Gasteiger partial charge is 1.00 e. The molecule has 0 aromatic rings. The smallest absolute Gasteiger partial charge is 0.175 e. The molecule has 0 aliphatic carbocycles. The first kappa shape index (κ1) is 11.7. The van der Waals surface area contributed by atoms with Crippen molar-refractivity contribution in [2.75, 3.05) is 19.1 Å². The predicted octanol–water partition coefficient (Wildman–Crippen LogP) is -2.18. The molecule has 0 aliphatic heterocycles. The minimum absolute atomic E-state index is 0. The summed E-state index contributed by atoms with van der Waals surface area (Å²) >= 11 is 0.184. The van der Waals surface area contributed by atoms with Crippen LogP contribution in [0.2, 0.25) is 0 Å². The zero-order valence-corrected chi connectivity index (χ0v) is 9.46. The van der Waals surface area contributed by atoms with Crippen LogP contribution in [0.25, 0.3) is 0 Å². The summed E-state index contributed by atoms with van der Waals surface area (Å²) in [6.45, 7) is 2.85. The molecule has 0 atom stereocenters. The summed E-state index contributed by atoms with van der Waals surface area (Å²) < 4.78 is 5.07. The maximum Gasteiger partial charge on any atom is 1.00 e. The molecule has 0 rings (SSSR count). The van der Waals surface area contributed by atoms with E-state index in [4.69, 9.17) is 4.18 Å². The van der Waals surface area contributed by atoms with Crippen molar-refractivity contribution in [3.63, 3.8) is 0 Å². The number of rotatable bonds is 2. The van der Waals surface area contributed by atoms with Gasteiger partial charge in [0.15, 0.2) is 0 Å². The molecule has 0 aromatic carbocycles. The average Bonchev–Trinajstić information content (AvgIpc) is 1.35. The van der Waals surface area contributed by atoms with E-state index in [0.717, 1.165) is 6.61 Å². The zero-order chi connectivity index (χ0) is 4.99. The molecule has 0 saturated carbocycles. The van der Waals surface area contributed by atoms with Crippen molar-refractivity contribution in [2.24, 2.45) is 0 Å². The van der Waals surface area contributed by atoms with Gasteiger partial charge in [-0.05, 0) is 6.92 Å². The van der Waals surface area contributed by atoms with E-state index in [9.17, 15) is 0 Å². The van der Waals surface area contributed by atoms with E-state index in [-0.39, 0.29) is 62.6 Å². The molecule has 38 valence electrons. The van der Waals surface area contributed by atoms with Crippen LogP contribution >= 0.6 is 0 Å². The SMILES string of the molecule is CCO[S+](C)C.[K+]. The van der Waals surface area contributed by atoms with Crippen LogP contribution < -0.4 is 51.4 Å². The molecule has 0 saturated heterocycles. The normalized spacial score (nSPS) is 8.57. The van der Waals surface area contributed by atoms with E-state index in [2.05, 4.69) is 12.5 Å². The number of hydrogen-bond acceptors (Lipinski definition) is 1. The summed E-state index contributed by atoms with van der Waals surface area (Å²) in [4.78, 5) is 0. The van der Waals surface area contributed by atoms with Crippen LogP contribution in [0.3, 0.4) is 0 Å². The van der Waals surface area contributed by atoms with Crippen LogP contribution in [-0.4, -0.2) is 19.1 Å². The zero-order valence-electron chi connectivity index (χ0n) is 5.52. The second-order valence-corrected chi connectivity index (χ2v) is 2.87. The first-order valence-corrected chi connectivity index (χ1v) is 3.95. The molecule has 0 aliphatic rings. The standard InChI is InChI=1S/C4H11OS.K/c1-4-5-6(2)3;/h4H2,1-3H3;/q2*+1. The molecule has 0 fully saturated rings. The second kappa shape index (κ2) is 7.95. The molecule has 3 heteroatoms. The summed E-state index contributed by atoms with van der Waals surface area (Å²) in [5.41, 5.74) is 0. The summed E-state index contributed by atoms with van der Waals surface area (Å²) in [6, 6.07) is 0. The molecular weight excluding hydrogens is 135 g/mol. The third-order valence-corrected chi connectivity index (χ3v) is 1.06. The summed E-state index contributed by atoms with van der Waals surface area (Å²) in [5, 5.41) is 0. The average molecular weight is 146 g/mol. The third kappa shape index (κ3) is 11.5. The Kier molecular flexibility index (Phi) is 13.3. The van der Waals surface area contributed by atoms with E-state index in [1.807, 2.05) is 6.92 Å². The van der Waals surface area contributed by atoms with Crippen molar-refractivity contribution < 1.29 is 55.6 Å². The van der Waals surface area contributed by atoms with Gasteiger partial charge >= 0.3 is 51.4 Å². The van der Waals surface area contributed by atoms with E-state index >= 15 is 0 Å². The quantitative estimate of drug-likeness (QED) is 0.318. The number of hydrogen-bond donors (Lipinski definition) is 0. The first-order chi connectivity index (χ1) is 2.77. The van der Waals surface area contributed by atoms with Gasteiger partial charge in [0.05, 0.1) is 0 Å². The molecule has 0 bridgehead atoms. The van der Waals surface area contributed by atoms with Gasteiger partial charge in [-0.2, -0.15) is 4.18 Å². The van der Waals surface area contributed by atoms with Crippen molar-refractivity contribution in [1.82, 2.24) is 0 Å². The minimum Gasteiger partial charge on any atom is -0.175 e. The molecule has 7 heavy (non-hydrogen) atoms. The molecule has 0 heterocycles. The van der Waals surface area contributed by atoms with Gasteiger partial charge in [-0.3, -0.25) is 0 Å². The Morgan fingerprint density at radius 1 is 1.43 bits per heavy atom. The predicted molar refractivity (Wildman–Crippen MR) is 30.8 cm³/mol. The Hall–Kier alpha value is 1.95. The molecule has 0 radical (unpaired) electrons. The fourth-order valence-corrected chi connectivity index (χ4v) is 0.707. The third-order valence-electron chi connectivity index (χ3n) is 0.354. The van der Waals surface area contributed by atoms with Gasteiger partial charge in [-0.15, -0.1) is 0 Å². The van der Waals surface area contributed by atoms with Crippen molar-refractivity contribution >= 4 is 11.2 Å². The van der Waals surface area contributed by atoms with Crippen LogP contribution in [0.1, 0.15) is 6.92 Å². The fraction of sp³-hybridized carbons (Fsp3) is 1.00. The van der Waals surface area contributed by atoms with Gasteiger partial charge in [0.25, 0.3) is 0 Å². The van der Waals surface area contributed by atoms with Crippen molar-refractivity contribution in [3.05, 3.63) is 0 Å². The molecule has 0 amide bonds. The Morgan fingerprint density at radius 2 is 1.86 bits per heavy atom. The molecule has 0 N–H and O–H groups in total. The Bertz CT molecular complexity index is 32.9. The summed E-state index contributed by atoms with van der Waals surface area (Å²) in [6.07, 6.45) is 4.12. The van der Waals surface area contributed by atoms with Crippen LogP contribution in [0.15, 0.2) is 0 Å². The molecule has 1 nitrogen and oxygen atoms in total. The van der Waals surface area contributed by atoms with Gasteiger partial charge in [-0.25, -0.2) is 0 Å². The Labute approximate surface area is 91.2 Å². The molecular formula is C4H11KOS+2. The Morgan fingerprint density at radius 3 is 1.86 bits per heavy atom. The van der Waals surface area contributed by atoms with Crippen LogP contribution in [0.5, 0.6) is 0 Å². The van der Waals surface area contributed by atoms with Crippen molar-refractivity contribution in [3.8, 4) is 0 Å². The monoisotopic (exact) mass is 146 g/mol. The van der Waals surface area contributed by atoms with Crippen LogP contribution in [0, 0.1) is 0 Å². The summed E-state index contributed by atoms with van der Waals surface area (Å²) in [7, 11) is 0. The van der Waals surface area contributed by atoms with Crippen molar-refractivity contribution in [2.45, 2.75) is 6.92 Å². The maximum absolute atomic E-state index is 5.07. The van der Waals surface area contributed by atoms with Gasteiger partial charge in [0, 0.05) is 0 Å². The van der Waals surface area contributed by atoms with Gasteiger partial charge in [-0.1, -0.05) is 0 Å². The maximum atomic E-state index is 5.07. The van der Waals surface area contributed by atoms with E-state index in [1.54, 1.807) is 0 Å².